The minimum absolute atomic E-state index is 0.0670. The lowest BCUT2D eigenvalue weighted by Gasteiger charge is -2.46. The molecule has 0 fully saturated rings. The molecule has 1 heterocycles. The van der Waals surface area contributed by atoms with Crippen molar-refractivity contribution in [2.24, 2.45) is 0 Å². The highest BCUT2D eigenvalue weighted by Gasteiger charge is 2.40. The lowest BCUT2D eigenvalue weighted by atomic mass is 9.98. The Morgan fingerprint density at radius 1 is 0.872 bits per heavy atom. The highest BCUT2D eigenvalue weighted by molar-refractivity contribution is 7.92. The SMILES string of the molecule is CCOc1ccc(NS(=O)(=O)c2ccc3c(c2)C(=O)N(c2ccc(C)cc2)[C@H](c2ccc([N+](=O)[O-])cc2)N3Cc2ccccc2)cc1. The van der Waals surface area contributed by atoms with E-state index in [2.05, 4.69) is 4.72 Å². The molecule has 238 valence electrons. The van der Waals surface area contributed by atoms with Gasteiger partial charge in [-0.05, 0) is 91.7 Å². The summed E-state index contributed by atoms with van der Waals surface area (Å²) in [5, 5.41) is 11.5. The van der Waals surface area contributed by atoms with Gasteiger partial charge < -0.3 is 9.64 Å². The van der Waals surface area contributed by atoms with Gasteiger partial charge in [-0.15, -0.1) is 0 Å². The van der Waals surface area contributed by atoms with Crippen molar-refractivity contribution >= 4 is 38.7 Å². The first-order valence-corrected chi connectivity index (χ1v) is 16.5. The van der Waals surface area contributed by atoms with Gasteiger partial charge in [-0.3, -0.25) is 24.5 Å². The predicted octanol–water partition coefficient (Wildman–Crippen LogP) is 7.47. The Kier molecular flexibility index (Phi) is 8.64. The van der Waals surface area contributed by atoms with E-state index in [9.17, 15) is 23.3 Å². The third kappa shape index (κ3) is 6.52. The normalized spacial score (nSPS) is 14.4. The maximum Gasteiger partial charge on any atom is 0.269 e. The van der Waals surface area contributed by atoms with Crippen molar-refractivity contribution in [1.82, 2.24) is 0 Å². The van der Waals surface area contributed by atoms with Gasteiger partial charge in [0.05, 0.1) is 27.7 Å². The van der Waals surface area contributed by atoms with Crippen molar-refractivity contribution in [3.8, 4) is 5.75 Å². The fraction of sp³-hybridized carbons (Fsp3) is 0.139. The minimum atomic E-state index is -4.08. The molecule has 5 aromatic carbocycles. The summed E-state index contributed by atoms with van der Waals surface area (Å²) >= 11 is 0. The number of hydrogen-bond acceptors (Lipinski definition) is 7. The smallest absolute Gasteiger partial charge is 0.269 e. The average Bonchev–Trinajstić information content (AvgIpc) is 3.07. The number of hydrogen-bond donors (Lipinski definition) is 1. The number of sulfonamides is 1. The monoisotopic (exact) mass is 648 g/mol. The van der Waals surface area contributed by atoms with Crippen LogP contribution in [-0.2, 0) is 16.6 Å². The molecule has 5 aromatic rings. The number of nitrogens with zero attached hydrogens (tertiary/aromatic N) is 3. The van der Waals surface area contributed by atoms with Crippen LogP contribution in [0, 0.1) is 17.0 Å². The maximum atomic E-state index is 14.6. The van der Waals surface area contributed by atoms with Crippen molar-refractivity contribution in [3.63, 3.8) is 0 Å². The van der Waals surface area contributed by atoms with Gasteiger partial charge in [0.15, 0.2) is 0 Å². The van der Waals surface area contributed by atoms with E-state index in [1.165, 1.54) is 24.3 Å². The van der Waals surface area contributed by atoms with Crippen LogP contribution < -0.4 is 19.3 Å². The first-order valence-electron chi connectivity index (χ1n) is 15.0. The molecule has 1 amide bonds. The van der Waals surface area contributed by atoms with Crippen LogP contribution in [0.2, 0.25) is 0 Å². The first kappa shape index (κ1) is 31.3. The quantitative estimate of drug-likeness (QED) is 0.123. The Bertz CT molecular complexity index is 2020. The maximum absolute atomic E-state index is 14.6. The van der Waals surface area contributed by atoms with Gasteiger partial charge in [0, 0.05) is 30.1 Å². The van der Waals surface area contributed by atoms with Gasteiger partial charge in [0.25, 0.3) is 21.6 Å². The summed E-state index contributed by atoms with van der Waals surface area (Å²) in [4.78, 5) is 29.1. The second-order valence-electron chi connectivity index (χ2n) is 11.1. The summed E-state index contributed by atoms with van der Waals surface area (Å²) in [6.45, 7) is 4.66. The summed E-state index contributed by atoms with van der Waals surface area (Å²) in [5.74, 6) is 0.210. The number of carbonyl (C=O) groups is 1. The van der Waals surface area contributed by atoms with Gasteiger partial charge in [-0.25, -0.2) is 8.42 Å². The van der Waals surface area contributed by atoms with Crippen molar-refractivity contribution in [1.29, 1.82) is 0 Å². The second-order valence-corrected chi connectivity index (χ2v) is 12.8. The molecule has 0 unspecified atom stereocenters. The van der Waals surface area contributed by atoms with Crippen LogP contribution in [0.25, 0.3) is 0 Å². The molecule has 0 aromatic heterocycles. The van der Waals surface area contributed by atoms with E-state index < -0.39 is 27.0 Å². The number of nitrogens with one attached hydrogen (secondary N) is 1. The molecule has 1 N–H and O–H groups in total. The average molecular weight is 649 g/mol. The number of nitro benzene ring substituents is 1. The van der Waals surface area contributed by atoms with Crippen molar-refractivity contribution < 1.29 is 22.9 Å². The number of nitro groups is 1. The lowest BCUT2D eigenvalue weighted by molar-refractivity contribution is -0.384. The van der Waals surface area contributed by atoms with Gasteiger partial charge in [0.2, 0.25) is 0 Å². The minimum Gasteiger partial charge on any atom is -0.494 e. The van der Waals surface area contributed by atoms with E-state index in [4.69, 9.17) is 4.74 Å². The van der Waals surface area contributed by atoms with Crippen LogP contribution in [0.15, 0.2) is 126 Å². The van der Waals surface area contributed by atoms with E-state index in [1.54, 1.807) is 47.4 Å². The molecule has 1 aliphatic heterocycles. The van der Waals surface area contributed by atoms with Crippen LogP contribution in [0.1, 0.15) is 40.1 Å². The summed E-state index contributed by atoms with van der Waals surface area (Å²) < 4.78 is 35.3. The zero-order chi connectivity index (χ0) is 33.1. The molecular formula is C36H32N4O6S. The van der Waals surface area contributed by atoms with E-state index in [0.29, 0.717) is 41.5 Å². The first-order chi connectivity index (χ1) is 22.6. The van der Waals surface area contributed by atoms with E-state index in [0.717, 1.165) is 11.1 Å². The summed E-state index contributed by atoms with van der Waals surface area (Å²) in [7, 11) is -4.08. The molecule has 0 aliphatic carbocycles. The van der Waals surface area contributed by atoms with Crippen LogP contribution in [0.3, 0.4) is 0 Å². The molecule has 0 radical (unpaired) electrons. The zero-order valence-electron chi connectivity index (χ0n) is 25.7. The molecule has 1 aliphatic rings. The van der Waals surface area contributed by atoms with Crippen LogP contribution in [0.4, 0.5) is 22.7 Å². The number of fused-ring (bicyclic) bond motifs is 1. The van der Waals surface area contributed by atoms with E-state index in [1.807, 2.05) is 73.3 Å². The third-order valence-electron chi connectivity index (χ3n) is 7.90. The largest absolute Gasteiger partial charge is 0.494 e. The molecule has 0 bridgehead atoms. The standard InChI is InChI=1S/C36H32N4O6S/c1-3-46-31-19-13-28(14-20-31)37-47(44,45)32-21-22-34-33(23-32)36(41)39(29-15-9-25(2)10-16-29)35(27-11-17-30(18-12-27)40(42)43)38(34)24-26-7-5-4-6-8-26/h4-23,35,37H,3,24H2,1-2H3/t35-/m1/s1. The Balaban J connectivity index is 1.48. The van der Waals surface area contributed by atoms with Crippen molar-refractivity contribution in [2.75, 3.05) is 21.1 Å². The Morgan fingerprint density at radius 3 is 2.19 bits per heavy atom. The molecule has 10 nitrogen and oxygen atoms in total. The predicted molar refractivity (Wildman–Crippen MR) is 181 cm³/mol. The molecule has 11 heteroatoms. The zero-order valence-corrected chi connectivity index (χ0v) is 26.6. The summed E-state index contributed by atoms with van der Waals surface area (Å²) in [5.41, 5.74) is 4.22. The topological polar surface area (TPSA) is 122 Å². The highest BCUT2D eigenvalue weighted by Crippen LogP contribution is 2.43. The second kappa shape index (κ2) is 13.0. The Labute approximate surface area is 273 Å². The van der Waals surface area contributed by atoms with Gasteiger partial charge >= 0.3 is 0 Å². The van der Waals surface area contributed by atoms with Crippen molar-refractivity contribution in [2.45, 2.75) is 31.5 Å². The van der Waals surface area contributed by atoms with Crippen LogP contribution in [0.5, 0.6) is 5.75 Å². The number of rotatable bonds is 10. The fourth-order valence-corrected chi connectivity index (χ4v) is 6.71. The highest BCUT2D eigenvalue weighted by atomic mass is 32.2. The van der Waals surface area contributed by atoms with E-state index >= 15 is 0 Å². The third-order valence-corrected chi connectivity index (χ3v) is 9.28. The number of ether oxygens (including phenoxy) is 1. The number of amides is 1. The molecule has 1 atom stereocenters. The molecule has 0 spiro atoms. The molecular weight excluding hydrogens is 616 g/mol. The van der Waals surface area contributed by atoms with Gasteiger partial charge in [0.1, 0.15) is 11.9 Å². The number of benzene rings is 5. The van der Waals surface area contributed by atoms with Crippen LogP contribution >= 0.6 is 0 Å². The summed E-state index contributed by atoms with van der Waals surface area (Å²) in [6.07, 6.45) is -0.705. The number of carbonyl (C=O) groups excluding carboxylic acids is 1. The lowest BCUT2D eigenvalue weighted by Crippen LogP contribution is -2.49. The molecule has 47 heavy (non-hydrogen) atoms. The van der Waals surface area contributed by atoms with Gasteiger partial charge in [-0.2, -0.15) is 0 Å². The molecule has 6 rings (SSSR count). The fourth-order valence-electron chi connectivity index (χ4n) is 5.63. The van der Waals surface area contributed by atoms with Crippen molar-refractivity contribution in [3.05, 3.63) is 154 Å². The molecule has 0 saturated heterocycles. The summed E-state index contributed by atoms with van der Waals surface area (Å²) in [6, 6.07) is 34.4. The van der Waals surface area contributed by atoms with Crippen LogP contribution in [-0.4, -0.2) is 25.9 Å². The molecule has 0 saturated carbocycles. The number of non-ortho nitro benzene ring substituents is 1. The number of aryl methyl sites for hydroxylation is 1. The van der Waals surface area contributed by atoms with Gasteiger partial charge in [-0.1, -0.05) is 48.0 Å². The Morgan fingerprint density at radius 2 is 1.55 bits per heavy atom. The number of anilines is 3. The van der Waals surface area contributed by atoms with E-state index in [-0.39, 0.29) is 16.1 Å². The Hall–Kier alpha value is -5.68.